The third kappa shape index (κ3) is 3.00. The van der Waals surface area contributed by atoms with Gasteiger partial charge in [-0.3, -0.25) is 19.5 Å². The molecule has 0 spiro atoms. The molecule has 0 unspecified atom stereocenters. The van der Waals surface area contributed by atoms with Crippen LogP contribution in [-0.4, -0.2) is 21.7 Å². The minimum absolute atomic E-state index is 0.149. The first kappa shape index (κ1) is 14.3. The molecule has 6 nitrogen and oxygen atoms in total. The standard InChI is InChI=1S/C16H17N3O3/c1-10(11-5-6-11)17-16(22)12-3-2-4-13(9-12)19-15(21)8-7-14(20)18-19/h2-4,7-11H,5-6H2,1H3,(H,17,22)(H,18,20)/t10-/m1/s1. The molecule has 1 amide bonds. The van der Waals surface area contributed by atoms with E-state index in [2.05, 4.69) is 10.4 Å². The maximum absolute atomic E-state index is 12.3. The molecular weight excluding hydrogens is 282 g/mol. The Morgan fingerprint density at radius 1 is 1.27 bits per heavy atom. The molecule has 2 N–H and O–H groups in total. The van der Waals surface area contributed by atoms with E-state index < -0.39 is 0 Å². The first-order chi connectivity index (χ1) is 10.5. The molecule has 0 aliphatic heterocycles. The average molecular weight is 299 g/mol. The first-order valence-electron chi connectivity index (χ1n) is 7.28. The number of carbonyl (C=O) groups is 1. The summed E-state index contributed by atoms with van der Waals surface area (Å²) in [7, 11) is 0. The first-order valence-corrected chi connectivity index (χ1v) is 7.28. The summed E-state index contributed by atoms with van der Waals surface area (Å²) >= 11 is 0. The number of hydrogen-bond donors (Lipinski definition) is 2. The van der Waals surface area contributed by atoms with Crippen molar-refractivity contribution in [2.45, 2.75) is 25.8 Å². The van der Waals surface area contributed by atoms with Crippen molar-refractivity contribution < 1.29 is 4.79 Å². The molecule has 1 fully saturated rings. The van der Waals surface area contributed by atoms with Gasteiger partial charge in [-0.15, -0.1) is 0 Å². The molecule has 3 rings (SSSR count). The normalized spacial score (nSPS) is 15.3. The summed E-state index contributed by atoms with van der Waals surface area (Å²) in [5.41, 5.74) is 0.177. The monoisotopic (exact) mass is 299 g/mol. The minimum Gasteiger partial charge on any atom is -0.349 e. The van der Waals surface area contributed by atoms with E-state index in [0.29, 0.717) is 17.2 Å². The Labute approximate surface area is 126 Å². The molecule has 6 heteroatoms. The summed E-state index contributed by atoms with van der Waals surface area (Å²) < 4.78 is 1.13. The number of hydrogen-bond acceptors (Lipinski definition) is 3. The van der Waals surface area contributed by atoms with Crippen LogP contribution < -0.4 is 16.4 Å². The highest BCUT2D eigenvalue weighted by atomic mass is 16.2. The number of carbonyl (C=O) groups excluding carboxylic acids is 1. The number of amides is 1. The van der Waals surface area contributed by atoms with Crippen LogP contribution in [0.3, 0.4) is 0 Å². The van der Waals surface area contributed by atoms with Gasteiger partial charge in [0.05, 0.1) is 5.69 Å². The third-order valence-corrected chi connectivity index (χ3v) is 3.87. The van der Waals surface area contributed by atoms with E-state index in [0.717, 1.165) is 17.5 Å². The highest BCUT2D eigenvalue weighted by Crippen LogP contribution is 2.32. The van der Waals surface area contributed by atoms with Gasteiger partial charge in [0.1, 0.15) is 0 Å². The third-order valence-electron chi connectivity index (χ3n) is 3.87. The number of rotatable bonds is 4. The second-order valence-corrected chi connectivity index (χ2v) is 5.63. The molecule has 0 bridgehead atoms. The fourth-order valence-electron chi connectivity index (χ4n) is 2.41. The average Bonchev–Trinajstić information content (AvgIpc) is 3.34. The van der Waals surface area contributed by atoms with E-state index in [4.69, 9.17) is 0 Å². The van der Waals surface area contributed by atoms with Gasteiger partial charge in [-0.1, -0.05) is 6.07 Å². The molecule has 0 saturated heterocycles. The molecule has 1 atom stereocenters. The molecular formula is C16H17N3O3. The van der Waals surface area contributed by atoms with Crippen LogP contribution >= 0.6 is 0 Å². The Balaban J connectivity index is 1.88. The second kappa shape index (κ2) is 5.63. The fourth-order valence-corrected chi connectivity index (χ4v) is 2.41. The van der Waals surface area contributed by atoms with Crippen molar-refractivity contribution in [2.75, 3.05) is 0 Å². The van der Waals surface area contributed by atoms with E-state index in [1.807, 2.05) is 6.92 Å². The lowest BCUT2D eigenvalue weighted by molar-refractivity contribution is 0.0936. The Morgan fingerprint density at radius 3 is 2.77 bits per heavy atom. The summed E-state index contributed by atoms with van der Waals surface area (Å²) in [6.45, 7) is 2.00. The van der Waals surface area contributed by atoms with E-state index in [1.54, 1.807) is 24.3 Å². The Bertz CT molecular complexity index is 818. The highest BCUT2D eigenvalue weighted by Gasteiger charge is 2.29. The van der Waals surface area contributed by atoms with Gasteiger partial charge in [-0.25, -0.2) is 4.68 Å². The lowest BCUT2D eigenvalue weighted by atomic mass is 10.1. The maximum atomic E-state index is 12.3. The topological polar surface area (TPSA) is 84.0 Å². The van der Waals surface area contributed by atoms with Gasteiger partial charge >= 0.3 is 0 Å². The maximum Gasteiger partial charge on any atom is 0.269 e. The zero-order valence-electron chi connectivity index (χ0n) is 12.2. The van der Waals surface area contributed by atoms with E-state index >= 15 is 0 Å². The smallest absolute Gasteiger partial charge is 0.269 e. The molecule has 1 aliphatic carbocycles. The van der Waals surface area contributed by atoms with Crippen molar-refractivity contribution in [3.05, 3.63) is 62.7 Å². The van der Waals surface area contributed by atoms with Gasteiger partial charge in [0.2, 0.25) is 0 Å². The van der Waals surface area contributed by atoms with Gasteiger partial charge in [-0.05, 0) is 43.9 Å². The van der Waals surface area contributed by atoms with Crippen molar-refractivity contribution in [1.82, 2.24) is 15.1 Å². The molecule has 1 aliphatic rings. The lowest BCUT2D eigenvalue weighted by Crippen LogP contribution is -2.34. The van der Waals surface area contributed by atoms with Gasteiger partial charge in [0.25, 0.3) is 17.0 Å². The van der Waals surface area contributed by atoms with E-state index in [1.165, 1.54) is 12.1 Å². The Morgan fingerprint density at radius 2 is 2.05 bits per heavy atom. The van der Waals surface area contributed by atoms with Gasteiger partial charge < -0.3 is 5.32 Å². The van der Waals surface area contributed by atoms with Crippen LogP contribution in [0.5, 0.6) is 0 Å². The molecule has 1 aromatic carbocycles. The summed E-state index contributed by atoms with van der Waals surface area (Å²) in [4.78, 5) is 35.4. The summed E-state index contributed by atoms with van der Waals surface area (Å²) in [5, 5.41) is 5.41. The molecule has 1 heterocycles. The highest BCUT2D eigenvalue weighted by molar-refractivity contribution is 5.94. The molecule has 2 aromatic rings. The van der Waals surface area contributed by atoms with Crippen LogP contribution in [0.2, 0.25) is 0 Å². The quantitative estimate of drug-likeness (QED) is 0.885. The van der Waals surface area contributed by atoms with Crippen molar-refractivity contribution in [1.29, 1.82) is 0 Å². The number of aromatic amines is 1. The number of nitrogens with one attached hydrogen (secondary N) is 2. The zero-order chi connectivity index (χ0) is 15.7. The molecule has 0 radical (unpaired) electrons. The van der Waals surface area contributed by atoms with Crippen molar-refractivity contribution in [2.24, 2.45) is 5.92 Å². The molecule has 22 heavy (non-hydrogen) atoms. The Hall–Kier alpha value is -2.63. The van der Waals surface area contributed by atoms with Crippen LogP contribution in [0, 0.1) is 5.92 Å². The van der Waals surface area contributed by atoms with Crippen LogP contribution in [0.4, 0.5) is 0 Å². The number of aromatic nitrogens is 2. The number of nitrogens with zero attached hydrogens (tertiary/aromatic N) is 1. The summed E-state index contributed by atoms with van der Waals surface area (Å²) in [6.07, 6.45) is 2.31. The fraction of sp³-hybridized carbons (Fsp3) is 0.312. The van der Waals surface area contributed by atoms with Gasteiger partial charge in [0, 0.05) is 23.7 Å². The Kier molecular flexibility index (Phi) is 3.66. The number of benzene rings is 1. The van der Waals surface area contributed by atoms with E-state index in [-0.39, 0.29) is 23.1 Å². The molecule has 1 aromatic heterocycles. The largest absolute Gasteiger partial charge is 0.349 e. The van der Waals surface area contributed by atoms with E-state index in [9.17, 15) is 14.4 Å². The molecule has 114 valence electrons. The van der Waals surface area contributed by atoms with Gasteiger partial charge in [-0.2, -0.15) is 0 Å². The zero-order valence-corrected chi connectivity index (χ0v) is 12.2. The molecule has 1 saturated carbocycles. The predicted molar refractivity (Wildman–Crippen MR) is 82.3 cm³/mol. The second-order valence-electron chi connectivity index (χ2n) is 5.63. The summed E-state index contributed by atoms with van der Waals surface area (Å²) in [5.74, 6) is 0.396. The SMILES string of the molecule is C[C@@H](NC(=O)c1cccc(-n2[nH]c(=O)ccc2=O)c1)C1CC1. The predicted octanol–water partition coefficient (Wildman–Crippen LogP) is 1.05. The number of H-pyrrole nitrogens is 1. The van der Waals surface area contributed by atoms with Gasteiger partial charge in [0.15, 0.2) is 0 Å². The van der Waals surface area contributed by atoms with Crippen LogP contribution in [-0.2, 0) is 0 Å². The van der Waals surface area contributed by atoms with Crippen LogP contribution in [0.1, 0.15) is 30.1 Å². The van der Waals surface area contributed by atoms with Crippen molar-refractivity contribution in [3.8, 4) is 5.69 Å². The van der Waals surface area contributed by atoms with Crippen LogP contribution in [0.25, 0.3) is 5.69 Å². The van der Waals surface area contributed by atoms with Crippen molar-refractivity contribution >= 4 is 5.91 Å². The lowest BCUT2D eigenvalue weighted by Gasteiger charge is -2.13. The van der Waals surface area contributed by atoms with Crippen LogP contribution in [0.15, 0.2) is 46.0 Å². The summed E-state index contributed by atoms with van der Waals surface area (Å²) in [6, 6.07) is 9.14. The van der Waals surface area contributed by atoms with Crippen molar-refractivity contribution in [3.63, 3.8) is 0 Å². The minimum atomic E-state index is -0.378.